The number of hydrogen-bond donors (Lipinski definition) is 1. The highest BCUT2D eigenvalue weighted by Crippen LogP contribution is 2.43. The average molecular weight is 300 g/mol. The topological polar surface area (TPSA) is 12.0 Å². The van der Waals surface area contributed by atoms with E-state index in [4.69, 9.17) is 0 Å². The predicted molar refractivity (Wildman–Crippen MR) is 72.4 cm³/mol. The molecule has 1 aliphatic rings. The van der Waals surface area contributed by atoms with Crippen LogP contribution in [-0.4, -0.2) is 6.54 Å². The van der Waals surface area contributed by atoms with Crippen LogP contribution in [0.2, 0.25) is 0 Å². The summed E-state index contributed by atoms with van der Waals surface area (Å²) in [5, 5.41) is 3.47. The van der Waals surface area contributed by atoms with Gasteiger partial charge in [-0.15, -0.1) is 0 Å². The molecule has 1 saturated carbocycles. The lowest BCUT2D eigenvalue weighted by Crippen LogP contribution is -2.39. The van der Waals surface area contributed by atoms with Crippen molar-refractivity contribution in [2.75, 3.05) is 6.54 Å². The van der Waals surface area contributed by atoms with E-state index in [9.17, 15) is 4.39 Å². The number of benzene rings is 1. The Bertz CT molecular complexity index is 382. The van der Waals surface area contributed by atoms with Crippen molar-refractivity contribution in [2.24, 2.45) is 5.41 Å². The summed E-state index contributed by atoms with van der Waals surface area (Å²) in [4.78, 5) is 0. The maximum absolute atomic E-state index is 13.3. The Morgan fingerprint density at radius 1 is 1.41 bits per heavy atom. The molecule has 0 heterocycles. The summed E-state index contributed by atoms with van der Waals surface area (Å²) in [6.45, 7) is 4.05. The van der Waals surface area contributed by atoms with Gasteiger partial charge in [0.25, 0.3) is 0 Å². The van der Waals surface area contributed by atoms with E-state index in [0.29, 0.717) is 9.89 Å². The first-order valence-electron chi connectivity index (χ1n) is 6.30. The van der Waals surface area contributed by atoms with Crippen LogP contribution in [0.1, 0.15) is 38.2 Å². The smallest absolute Gasteiger partial charge is 0.137 e. The van der Waals surface area contributed by atoms with E-state index >= 15 is 0 Å². The van der Waals surface area contributed by atoms with Gasteiger partial charge in [0.05, 0.1) is 4.47 Å². The van der Waals surface area contributed by atoms with E-state index in [1.807, 2.05) is 6.07 Å². The van der Waals surface area contributed by atoms with Crippen molar-refractivity contribution >= 4 is 15.9 Å². The average Bonchev–Trinajstić information content (AvgIpc) is 2.28. The maximum atomic E-state index is 13.3. The molecule has 0 aliphatic heterocycles. The highest BCUT2D eigenvalue weighted by molar-refractivity contribution is 9.10. The molecular weight excluding hydrogens is 281 g/mol. The minimum absolute atomic E-state index is 0.182. The molecule has 0 radical (unpaired) electrons. The second kappa shape index (κ2) is 5.49. The molecule has 1 aromatic rings. The summed E-state index contributed by atoms with van der Waals surface area (Å²) in [5.41, 5.74) is 1.51. The van der Waals surface area contributed by atoms with Gasteiger partial charge < -0.3 is 5.32 Å². The Balaban J connectivity index is 1.88. The summed E-state index contributed by atoms with van der Waals surface area (Å²) < 4.78 is 13.9. The molecule has 0 saturated heterocycles. The van der Waals surface area contributed by atoms with Crippen molar-refractivity contribution < 1.29 is 4.39 Å². The molecule has 0 unspecified atom stereocenters. The molecule has 0 bridgehead atoms. The fourth-order valence-electron chi connectivity index (χ4n) is 2.48. The molecule has 1 aliphatic carbocycles. The van der Waals surface area contributed by atoms with Crippen molar-refractivity contribution in [3.63, 3.8) is 0 Å². The summed E-state index contributed by atoms with van der Waals surface area (Å²) in [6.07, 6.45) is 5.27. The Morgan fingerprint density at radius 3 is 2.76 bits per heavy atom. The summed E-state index contributed by atoms with van der Waals surface area (Å²) in [7, 11) is 0. The van der Waals surface area contributed by atoms with Gasteiger partial charge in [0.1, 0.15) is 5.82 Å². The third-order valence-electron chi connectivity index (χ3n) is 4.01. The third kappa shape index (κ3) is 2.89. The monoisotopic (exact) mass is 299 g/mol. The first-order chi connectivity index (χ1) is 8.17. The second-order valence-corrected chi connectivity index (χ2v) is 5.82. The van der Waals surface area contributed by atoms with Crippen LogP contribution in [0.4, 0.5) is 4.39 Å². The van der Waals surface area contributed by atoms with Crippen molar-refractivity contribution in [3.05, 3.63) is 34.1 Å². The third-order valence-corrected chi connectivity index (χ3v) is 4.90. The molecule has 1 nitrogen and oxygen atoms in total. The van der Waals surface area contributed by atoms with Gasteiger partial charge in [0.15, 0.2) is 0 Å². The van der Waals surface area contributed by atoms with Crippen LogP contribution in [0.25, 0.3) is 0 Å². The van der Waals surface area contributed by atoms with Crippen molar-refractivity contribution in [3.8, 4) is 0 Å². The largest absolute Gasteiger partial charge is 0.312 e. The van der Waals surface area contributed by atoms with Crippen LogP contribution in [0.15, 0.2) is 22.7 Å². The van der Waals surface area contributed by atoms with Gasteiger partial charge in [-0.2, -0.15) is 0 Å². The Morgan fingerprint density at radius 2 is 2.18 bits per heavy atom. The first kappa shape index (κ1) is 13.0. The maximum Gasteiger partial charge on any atom is 0.137 e. The van der Waals surface area contributed by atoms with Crippen LogP contribution in [0, 0.1) is 11.2 Å². The highest BCUT2D eigenvalue weighted by Gasteiger charge is 2.34. The zero-order chi connectivity index (χ0) is 12.3. The van der Waals surface area contributed by atoms with Gasteiger partial charge >= 0.3 is 0 Å². The molecule has 17 heavy (non-hydrogen) atoms. The first-order valence-corrected chi connectivity index (χ1v) is 7.10. The van der Waals surface area contributed by atoms with Crippen LogP contribution in [0.5, 0.6) is 0 Å². The standard InChI is InChI=1S/C14H19BrFN/c1-2-14(7-4-8-14)10-17-9-11-5-3-6-12(16)13(11)15/h3,5-6,17H,2,4,7-10H2,1H3. The summed E-state index contributed by atoms with van der Waals surface area (Å²) in [6, 6.07) is 5.20. The van der Waals surface area contributed by atoms with E-state index in [0.717, 1.165) is 18.7 Å². The molecule has 2 rings (SSSR count). The Hall–Kier alpha value is -0.410. The molecular formula is C14H19BrFN. The summed E-state index contributed by atoms with van der Waals surface area (Å²) in [5.74, 6) is -0.182. The van der Waals surface area contributed by atoms with Gasteiger partial charge in [-0.25, -0.2) is 4.39 Å². The van der Waals surface area contributed by atoms with Gasteiger partial charge in [-0.3, -0.25) is 0 Å². The molecule has 3 heteroatoms. The van der Waals surface area contributed by atoms with E-state index < -0.39 is 0 Å². The zero-order valence-corrected chi connectivity index (χ0v) is 11.8. The van der Waals surface area contributed by atoms with Crippen LogP contribution >= 0.6 is 15.9 Å². The molecule has 1 aromatic carbocycles. The van der Waals surface area contributed by atoms with Crippen molar-refractivity contribution in [1.82, 2.24) is 5.32 Å². The molecule has 1 N–H and O–H groups in total. The number of rotatable bonds is 5. The van der Waals surface area contributed by atoms with Crippen LogP contribution in [-0.2, 0) is 6.54 Å². The van der Waals surface area contributed by atoms with Crippen molar-refractivity contribution in [1.29, 1.82) is 0 Å². The predicted octanol–water partition coefficient (Wildman–Crippen LogP) is 4.26. The Kier molecular flexibility index (Phi) is 4.21. The summed E-state index contributed by atoms with van der Waals surface area (Å²) >= 11 is 3.29. The highest BCUT2D eigenvalue weighted by atomic mass is 79.9. The fraction of sp³-hybridized carbons (Fsp3) is 0.571. The van der Waals surface area contributed by atoms with Crippen LogP contribution in [0.3, 0.4) is 0 Å². The second-order valence-electron chi connectivity index (χ2n) is 5.02. The van der Waals surface area contributed by atoms with Gasteiger partial charge in [0.2, 0.25) is 0 Å². The number of hydrogen-bond acceptors (Lipinski definition) is 1. The van der Waals surface area contributed by atoms with Gasteiger partial charge in [0, 0.05) is 13.1 Å². The van der Waals surface area contributed by atoms with E-state index in [1.165, 1.54) is 31.7 Å². The van der Waals surface area contributed by atoms with Gasteiger partial charge in [-0.05, 0) is 52.2 Å². The SMILES string of the molecule is CCC1(CNCc2cccc(F)c2Br)CCC1. The molecule has 0 atom stereocenters. The lowest BCUT2D eigenvalue weighted by molar-refractivity contribution is 0.124. The molecule has 1 fully saturated rings. The van der Waals surface area contributed by atoms with E-state index in [-0.39, 0.29) is 5.82 Å². The normalized spacial score (nSPS) is 17.8. The quantitative estimate of drug-likeness (QED) is 0.857. The van der Waals surface area contributed by atoms with Gasteiger partial charge in [-0.1, -0.05) is 25.5 Å². The van der Waals surface area contributed by atoms with Crippen LogP contribution < -0.4 is 5.32 Å². The fourth-order valence-corrected chi connectivity index (χ4v) is 2.88. The zero-order valence-electron chi connectivity index (χ0n) is 10.2. The lowest BCUT2D eigenvalue weighted by Gasteiger charge is -2.41. The Labute approximate surface area is 111 Å². The van der Waals surface area contributed by atoms with E-state index in [1.54, 1.807) is 6.07 Å². The molecule has 94 valence electrons. The molecule has 0 aromatic heterocycles. The molecule has 0 amide bonds. The minimum atomic E-state index is -0.182. The van der Waals surface area contributed by atoms with E-state index in [2.05, 4.69) is 28.2 Å². The number of nitrogens with one attached hydrogen (secondary N) is 1. The molecule has 0 spiro atoms. The number of halogens is 2. The van der Waals surface area contributed by atoms with Crippen molar-refractivity contribution in [2.45, 2.75) is 39.2 Å². The lowest BCUT2D eigenvalue weighted by atomic mass is 9.67. The minimum Gasteiger partial charge on any atom is -0.312 e.